The van der Waals surface area contributed by atoms with E-state index in [1.807, 2.05) is 0 Å². The van der Waals surface area contributed by atoms with Gasteiger partial charge < -0.3 is 19.3 Å². The molecule has 0 saturated heterocycles. The predicted molar refractivity (Wildman–Crippen MR) is 216 cm³/mol. The molecule has 0 aliphatic heterocycles. The molecule has 310 valence electrons. The molecule has 0 rings (SSSR count). The summed E-state index contributed by atoms with van der Waals surface area (Å²) in [6.45, 7) is 8.40. The Morgan fingerprint density at radius 2 is 0.846 bits per heavy atom. The molecular formula is C43H85O8P. The van der Waals surface area contributed by atoms with E-state index in [1.54, 1.807) is 0 Å². The molecule has 0 aliphatic carbocycles. The van der Waals surface area contributed by atoms with E-state index in [-0.39, 0.29) is 19.4 Å². The van der Waals surface area contributed by atoms with Crippen molar-refractivity contribution in [2.24, 2.45) is 11.8 Å². The van der Waals surface area contributed by atoms with Crippen LogP contribution in [0.15, 0.2) is 0 Å². The Morgan fingerprint density at radius 1 is 0.500 bits per heavy atom. The van der Waals surface area contributed by atoms with E-state index in [1.165, 1.54) is 148 Å². The number of carbonyl (C=O) groups is 2. The minimum Gasteiger partial charge on any atom is -0.462 e. The van der Waals surface area contributed by atoms with Crippen LogP contribution in [0.25, 0.3) is 0 Å². The molecule has 0 aliphatic rings. The molecule has 9 heteroatoms. The molecular weight excluding hydrogens is 675 g/mol. The van der Waals surface area contributed by atoms with Gasteiger partial charge in [-0.15, -0.1) is 0 Å². The fourth-order valence-electron chi connectivity index (χ4n) is 6.65. The smallest absolute Gasteiger partial charge is 0.462 e. The summed E-state index contributed by atoms with van der Waals surface area (Å²) in [6.07, 6.45) is 36.9. The van der Waals surface area contributed by atoms with Crippen LogP contribution in [-0.2, 0) is 28.2 Å². The molecule has 2 N–H and O–H groups in total. The number of hydrogen-bond donors (Lipinski definition) is 2. The highest BCUT2D eigenvalue weighted by Gasteiger charge is 2.23. The summed E-state index contributed by atoms with van der Waals surface area (Å²) in [5, 5.41) is 0. The van der Waals surface area contributed by atoms with E-state index in [9.17, 15) is 14.2 Å². The van der Waals surface area contributed by atoms with Crippen molar-refractivity contribution in [3.8, 4) is 0 Å². The number of phosphoric ester groups is 1. The van der Waals surface area contributed by atoms with Crippen LogP contribution in [0.2, 0.25) is 0 Å². The molecule has 8 nitrogen and oxygen atoms in total. The first kappa shape index (κ1) is 51.0. The van der Waals surface area contributed by atoms with Crippen molar-refractivity contribution in [1.29, 1.82) is 0 Å². The largest absolute Gasteiger partial charge is 0.469 e. The van der Waals surface area contributed by atoms with Crippen LogP contribution >= 0.6 is 7.82 Å². The van der Waals surface area contributed by atoms with Crippen molar-refractivity contribution in [2.45, 2.75) is 239 Å². The Bertz CT molecular complexity index is 845. The van der Waals surface area contributed by atoms with E-state index >= 15 is 0 Å². The number of rotatable bonds is 40. The summed E-state index contributed by atoms with van der Waals surface area (Å²) >= 11 is 0. The van der Waals surface area contributed by atoms with E-state index < -0.39 is 32.5 Å². The Balaban J connectivity index is 3.79. The van der Waals surface area contributed by atoms with Gasteiger partial charge in [0.1, 0.15) is 6.61 Å². The van der Waals surface area contributed by atoms with Crippen molar-refractivity contribution >= 4 is 19.8 Å². The zero-order valence-corrected chi connectivity index (χ0v) is 35.5. The zero-order valence-electron chi connectivity index (χ0n) is 34.6. The maximum absolute atomic E-state index is 12.4. The van der Waals surface area contributed by atoms with Crippen molar-refractivity contribution < 1.29 is 37.9 Å². The van der Waals surface area contributed by atoms with Crippen molar-refractivity contribution in [3.05, 3.63) is 0 Å². The number of phosphoric acid groups is 1. The number of hydrogen-bond acceptors (Lipinski definition) is 6. The van der Waals surface area contributed by atoms with Gasteiger partial charge in [0, 0.05) is 12.8 Å². The van der Waals surface area contributed by atoms with Gasteiger partial charge >= 0.3 is 19.8 Å². The average molecular weight is 761 g/mol. The normalized spacial score (nSPS) is 13.1. The van der Waals surface area contributed by atoms with E-state index in [4.69, 9.17) is 19.3 Å². The van der Waals surface area contributed by atoms with Crippen molar-refractivity contribution in [2.75, 3.05) is 13.2 Å². The lowest BCUT2D eigenvalue weighted by Crippen LogP contribution is -2.29. The summed E-state index contributed by atoms with van der Waals surface area (Å²) in [5.74, 6) is 0.816. The quantitative estimate of drug-likeness (QED) is 0.0360. The van der Waals surface area contributed by atoms with Gasteiger partial charge in [0.2, 0.25) is 0 Å². The molecule has 0 bridgehead atoms. The van der Waals surface area contributed by atoms with E-state index in [0.29, 0.717) is 6.42 Å². The highest BCUT2D eigenvalue weighted by molar-refractivity contribution is 7.46. The number of carbonyl (C=O) groups excluding carboxylic acids is 2. The summed E-state index contributed by atoms with van der Waals surface area (Å²) in [5.41, 5.74) is 0. The van der Waals surface area contributed by atoms with Gasteiger partial charge in [-0.2, -0.15) is 0 Å². The maximum atomic E-state index is 12.4. The highest BCUT2D eigenvalue weighted by atomic mass is 31.2. The lowest BCUT2D eigenvalue weighted by Gasteiger charge is -2.18. The summed E-state index contributed by atoms with van der Waals surface area (Å²) in [6, 6.07) is 0. The molecule has 0 radical (unpaired) electrons. The predicted octanol–water partition coefficient (Wildman–Crippen LogP) is 13.3. The Labute approximate surface area is 321 Å². The zero-order chi connectivity index (χ0) is 38.5. The first-order valence-corrected chi connectivity index (χ1v) is 23.6. The van der Waals surface area contributed by atoms with Gasteiger partial charge in [-0.05, 0) is 24.7 Å². The van der Waals surface area contributed by atoms with Crippen molar-refractivity contribution in [1.82, 2.24) is 0 Å². The number of ether oxygens (including phenoxy) is 2. The second-order valence-electron chi connectivity index (χ2n) is 16.1. The van der Waals surface area contributed by atoms with Crippen LogP contribution in [0.1, 0.15) is 233 Å². The Kier molecular flexibility index (Phi) is 36.3. The number of unbranched alkanes of at least 4 members (excludes halogenated alkanes) is 25. The van der Waals surface area contributed by atoms with Crippen LogP contribution < -0.4 is 0 Å². The van der Waals surface area contributed by atoms with Crippen molar-refractivity contribution in [3.63, 3.8) is 0 Å². The third-order valence-corrected chi connectivity index (χ3v) is 10.8. The summed E-state index contributed by atoms with van der Waals surface area (Å²) in [7, 11) is -4.75. The van der Waals surface area contributed by atoms with Gasteiger partial charge in [-0.3, -0.25) is 14.1 Å². The third-order valence-electron chi connectivity index (χ3n) is 10.3. The minimum absolute atomic E-state index is 0.217. The molecule has 0 heterocycles. The first-order chi connectivity index (χ1) is 25.0. The highest BCUT2D eigenvalue weighted by Crippen LogP contribution is 2.36. The standard InChI is InChI=1S/C43H85O8P/c1-5-40(4)34-30-26-22-18-14-12-10-8-6-7-9-11-13-15-19-23-27-31-35-42(44)49-37-41(38-50-52(46,47)48)51-43(45)36-32-28-24-20-16-17-21-25-29-33-39(2)3/h39-41H,5-38H2,1-4H3,(H2,46,47,48)/t40?,41-/m1/s1. The van der Waals surface area contributed by atoms with Crippen LogP contribution in [0.5, 0.6) is 0 Å². The summed E-state index contributed by atoms with van der Waals surface area (Å²) in [4.78, 5) is 42.8. The molecule has 0 amide bonds. The number of esters is 2. The monoisotopic (exact) mass is 761 g/mol. The SMILES string of the molecule is CCC(C)CCCCCCCCCCCCCCCCCCCCC(=O)OC[C@H](COP(=O)(O)O)OC(=O)CCCCCCCCCCCC(C)C. The third kappa shape index (κ3) is 40.2. The van der Waals surface area contributed by atoms with Gasteiger partial charge in [-0.25, -0.2) is 4.57 Å². The molecule has 0 saturated carbocycles. The topological polar surface area (TPSA) is 119 Å². The fraction of sp³-hybridized carbons (Fsp3) is 0.953. The van der Waals surface area contributed by atoms with E-state index in [2.05, 4.69) is 32.2 Å². The van der Waals surface area contributed by atoms with Gasteiger partial charge in [0.05, 0.1) is 6.61 Å². The average Bonchev–Trinajstić information content (AvgIpc) is 3.10. The minimum atomic E-state index is -4.75. The van der Waals surface area contributed by atoms with Crippen LogP contribution in [0.3, 0.4) is 0 Å². The maximum Gasteiger partial charge on any atom is 0.469 e. The molecule has 0 spiro atoms. The summed E-state index contributed by atoms with van der Waals surface area (Å²) < 4.78 is 26.4. The molecule has 0 fully saturated rings. The van der Waals surface area contributed by atoms with Gasteiger partial charge in [0.15, 0.2) is 6.10 Å². The van der Waals surface area contributed by atoms with Gasteiger partial charge in [-0.1, -0.05) is 207 Å². The second kappa shape index (κ2) is 37.0. The van der Waals surface area contributed by atoms with Crippen LogP contribution in [-0.4, -0.2) is 41.0 Å². The molecule has 0 aromatic rings. The molecule has 0 aromatic carbocycles. The van der Waals surface area contributed by atoms with Gasteiger partial charge in [0.25, 0.3) is 0 Å². The Morgan fingerprint density at radius 3 is 1.21 bits per heavy atom. The molecule has 2 atom stereocenters. The molecule has 1 unspecified atom stereocenters. The van der Waals surface area contributed by atoms with Crippen LogP contribution in [0.4, 0.5) is 0 Å². The van der Waals surface area contributed by atoms with E-state index in [0.717, 1.165) is 50.4 Å². The molecule has 0 aromatic heterocycles. The lowest BCUT2D eigenvalue weighted by molar-refractivity contribution is -0.161. The fourth-order valence-corrected chi connectivity index (χ4v) is 7.01. The molecule has 52 heavy (non-hydrogen) atoms. The lowest BCUT2D eigenvalue weighted by atomic mass is 9.99. The second-order valence-corrected chi connectivity index (χ2v) is 17.4. The Hall–Kier alpha value is -0.950. The van der Waals surface area contributed by atoms with Crippen LogP contribution in [0, 0.1) is 11.8 Å². The first-order valence-electron chi connectivity index (χ1n) is 22.1.